The molecule has 6 nitrogen and oxygen atoms in total. The van der Waals surface area contributed by atoms with E-state index in [0.29, 0.717) is 6.54 Å². The summed E-state index contributed by atoms with van der Waals surface area (Å²) >= 11 is 0. The molecule has 0 radical (unpaired) electrons. The SMILES string of the molecule is CCC1CCCCN1C(=O)CN(CCCN(C)C)S(C)(=O)=O. The highest BCUT2D eigenvalue weighted by Crippen LogP contribution is 2.20. The van der Waals surface area contributed by atoms with Crippen molar-refractivity contribution < 1.29 is 13.2 Å². The zero-order chi connectivity index (χ0) is 16.8. The fourth-order valence-corrected chi connectivity index (χ4v) is 3.73. The smallest absolute Gasteiger partial charge is 0.238 e. The van der Waals surface area contributed by atoms with Gasteiger partial charge in [0.05, 0.1) is 12.8 Å². The van der Waals surface area contributed by atoms with E-state index in [4.69, 9.17) is 0 Å². The van der Waals surface area contributed by atoms with Gasteiger partial charge in [-0.2, -0.15) is 4.31 Å². The summed E-state index contributed by atoms with van der Waals surface area (Å²) in [5.41, 5.74) is 0. The molecule has 130 valence electrons. The Balaban J connectivity index is 2.65. The normalized spacial score (nSPS) is 19.9. The molecule has 1 atom stereocenters. The third kappa shape index (κ3) is 6.22. The van der Waals surface area contributed by atoms with Crippen LogP contribution in [-0.4, -0.2) is 81.0 Å². The second-order valence-corrected chi connectivity index (χ2v) is 8.38. The van der Waals surface area contributed by atoms with Crippen LogP contribution in [0.25, 0.3) is 0 Å². The van der Waals surface area contributed by atoms with E-state index in [1.165, 1.54) is 10.6 Å². The van der Waals surface area contributed by atoms with E-state index in [-0.39, 0.29) is 18.5 Å². The van der Waals surface area contributed by atoms with E-state index in [9.17, 15) is 13.2 Å². The standard InChI is InChI=1S/C15H31N3O3S/c1-5-14-9-6-7-12-18(14)15(19)13-17(22(4,20)21)11-8-10-16(2)3/h14H,5-13H2,1-4H3. The van der Waals surface area contributed by atoms with Gasteiger partial charge in [0, 0.05) is 19.1 Å². The van der Waals surface area contributed by atoms with Crippen molar-refractivity contribution in [3.8, 4) is 0 Å². The van der Waals surface area contributed by atoms with Gasteiger partial charge >= 0.3 is 0 Å². The zero-order valence-corrected chi connectivity index (χ0v) is 15.2. The molecule has 0 aliphatic carbocycles. The molecular formula is C15H31N3O3S. The predicted octanol–water partition coefficient (Wildman–Crippen LogP) is 0.991. The van der Waals surface area contributed by atoms with Crippen molar-refractivity contribution in [1.82, 2.24) is 14.1 Å². The Bertz CT molecular complexity index is 451. The van der Waals surface area contributed by atoms with Crippen molar-refractivity contribution >= 4 is 15.9 Å². The van der Waals surface area contributed by atoms with Crippen LogP contribution < -0.4 is 0 Å². The van der Waals surface area contributed by atoms with Crippen LogP contribution in [0.15, 0.2) is 0 Å². The minimum absolute atomic E-state index is 0.0250. The molecule has 0 bridgehead atoms. The van der Waals surface area contributed by atoms with Gasteiger partial charge in [-0.3, -0.25) is 4.79 Å². The Labute approximate surface area is 135 Å². The van der Waals surface area contributed by atoms with Gasteiger partial charge in [-0.15, -0.1) is 0 Å². The van der Waals surface area contributed by atoms with Crippen LogP contribution in [0.5, 0.6) is 0 Å². The van der Waals surface area contributed by atoms with E-state index >= 15 is 0 Å². The van der Waals surface area contributed by atoms with Gasteiger partial charge in [0.25, 0.3) is 0 Å². The van der Waals surface area contributed by atoms with E-state index in [2.05, 4.69) is 6.92 Å². The van der Waals surface area contributed by atoms with Crippen molar-refractivity contribution in [2.75, 3.05) is 46.5 Å². The topological polar surface area (TPSA) is 60.9 Å². The van der Waals surface area contributed by atoms with Crippen molar-refractivity contribution in [1.29, 1.82) is 0 Å². The second kappa shape index (κ2) is 8.84. The summed E-state index contributed by atoms with van der Waals surface area (Å²) in [6.07, 6.45) is 6.05. The molecule has 1 aliphatic heterocycles. The van der Waals surface area contributed by atoms with E-state index in [1.807, 2.05) is 23.9 Å². The highest BCUT2D eigenvalue weighted by Gasteiger charge is 2.28. The predicted molar refractivity (Wildman–Crippen MR) is 89.2 cm³/mol. The Kier molecular flexibility index (Phi) is 7.79. The number of piperidine rings is 1. The van der Waals surface area contributed by atoms with Gasteiger partial charge in [-0.05, 0) is 52.7 Å². The number of likely N-dealkylation sites (tertiary alicyclic amines) is 1. The molecule has 1 saturated heterocycles. The lowest BCUT2D eigenvalue weighted by molar-refractivity contribution is -0.135. The Morgan fingerprint density at radius 3 is 2.45 bits per heavy atom. The summed E-state index contributed by atoms with van der Waals surface area (Å²) in [7, 11) is 0.554. The number of nitrogens with zero attached hydrogens (tertiary/aromatic N) is 3. The van der Waals surface area contributed by atoms with Crippen LogP contribution in [0.2, 0.25) is 0 Å². The lowest BCUT2D eigenvalue weighted by atomic mass is 10.00. The van der Waals surface area contributed by atoms with E-state index < -0.39 is 10.0 Å². The first-order valence-electron chi connectivity index (χ1n) is 8.15. The minimum Gasteiger partial charge on any atom is -0.339 e. The lowest BCUT2D eigenvalue weighted by Gasteiger charge is -2.36. The summed E-state index contributed by atoms with van der Waals surface area (Å²) in [5.74, 6) is -0.0539. The summed E-state index contributed by atoms with van der Waals surface area (Å²) in [4.78, 5) is 16.4. The van der Waals surface area contributed by atoms with Crippen LogP contribution in [0, 0.1) is 0 Å². The highest BCUT2D eigenvalue weighted by atomic mass is 32.2. The zero-order valence-electron chi connectivity index (χ0n) is 14.4. The maximum Gasteiger partial charge on any atom is 0.238 e. The monoisotopic (exact) mass is 333 g/mol. The quantitative estimate of drug-likeness (QED) is 0.665. The molecule has 1 amide bonds. The molecule has 7 heteroatoms. The molecule has 22 heavy (non-hydrogen) atoms. The molecule has 0 aromatic rings. The van der Waals surface area contributed by atoms with Gasteiger partial charge in [-0.25, -0.2) is 8.42 Å². The van der Waals surface area contributed by atoms with Crippen molar-refractivity contribution in [2.24, 2.45) is 0 Å². The van der Waals surface area contributed by atoms with E-state index in [1.54, 1.807) is 0 Å². The third-order valence-electron chi connectivity index (χ3n) is 4.21. The number of amides is 1. The molecule has 1 rings (SSSR count). The second-order valence-electron chi connectivity index (χ2n) is 6.40. The minimum atomic E-state index is -3.35. The van der Waals surface area contributed by atoms with Crippen LogP contribution >= 0.6 is 0 Å². The maximum absolute atomic E-state index is 12.5. The molecule has 1 fully saturated rings. The number of carbonyl (C=O) groups is 1. The molecule has 0 aromatic heterocycles. The maximum atomic E-state index is 12.5. The summed E-state index contributed by atoms with van der Waals surface area (Å²) < 4.78 is 25.2. The third-order valence-corrected chi connectivity index (χ3v) is 5.46. The van der Waals surface area contributed by atoms with Gasteiger partial charge in [0.15, 0.2) is 0 Å². The van der Waals surface area contributed by atoms with Crippen LogP contribution in [-0.2, 0) is 14.8 Å². The highest BCUT2D eigenvalue weighted by molar-refractivity contribution is 7.88. The Morgan fingerprint density at radius 1 is 1.23 bits per heavy atom. The molecular weight excluding hydrogens is 302 g/mol. The van der Waals surface area contributed by atoms with Crippen molar-refractivity contribution in [3.05, 3.63) is 0 Å². The first kappa shape index (κ1) is 19.4. The van der Waals surface area contributed by atoms with Gasteiger partial charge in [0.1, 0.15) is 0 Å². The molecule has 1 aliphatic rings. The first-order chi connectivity index (χ1) is 10.3. The van der Waals surface area contributed by atoms with Crippen molar-refractivity contribution in [3.63, 3.8) is 0 Å². The number of carbonyl (C=O) groups excluding carboxylic acids is 1. The molecule has 0 aromatic carbocycles. The summed E-state index contributed by atoms with van der Waals surface area (Å²) in [6.45, 7) is 4.02. The fraction of sp³-hybridized carbons (Fsp3) is 0.933. The Morgan fingerprint density at radius 2 is 1.91 bits per heavy atom. The number of hydrogen-bond acceptors (Lipinski definition) is 4. The van der Waals surface area contributed by atoms with Crippen LogP contribution in [0.4, 0.5) is 0 Å². The Hall–Kier alpha value is -0.660. The van der Waals surface area contributed by atoms with Crippen LogP contribution in [0.1, 0.15) is 39.0 Å². The fourth-order valence-electron chi connectivity index (χ4n) is 2.92. The molecule has 0 N–H and O–H groups in total. The van der Waals surface area contributed by atoms with Gasteiger partial charge in [-0.1, -0.05) is 6.92 Å². The average molecular weight is 333 g/mol. The van der Waals surface area contributed by atoms with Gasteiger partial charge < -0.3 is 9.80 Å². The first-order valence-corrected chi connectivity index (χ1v) is 9.99. The average Bonchev–Trinajstić information content (AvgIpc) is 2.44. The largest absolute Gasteiger partial charge is 0.339 e. The number of sulfonamides is 1. The van der Waals surface area contributed by atoms with Crippen molar-refractivity contribution in [2.45, 2.75) is 45.1 Å². The molecule has 1 unspecified atom stereocenters. The number of hydrogen-bond donors (Lipinski definition) is 0. The summed E-state index contributed by atoms with van der Waals surface area (Å²) in [5, 5.41) is 0. The van der Waals surface area contributed by atoms with Gasteiger partial charge in [0.2, 0.25) is 15.9 Å². The number of rotatable bonds is 8. The molecule has 0 spiro atoms. The van der Waals surface area contributed by atoms with Crippen LogP contribution in [0.3, 0.4) is 0 Å². The lowest BCUT2D eigenvalue weighted by Crippen LogP contribution is -2.49. The van der Waals surface area contributed by atoms with E-state index in [0.717, 1.165) is 45.2 Å². The summed E-state index contributed by atoms with van der Waals surface area (Å²) in [6, 6.07) is 0.268. The molecule has 1 heterocycles. The molecule has 0 saturated carbocycles.